The van der Waals surface area contributed by atoms with Crippen LogP contribution in [0.1, 0.15) is 29.6 Å². The molecule has 0 aromatic heterocycles. The summed E-state index contributed by atoms with van der Waals surface area (Å²) in [6.45, 7) is 1.44. The van der Waals surface area contributed by atoms with E-state index in [1.807, 2.05) is 4.90 Å². The maximum Gasteiger partial charge on any atom is 0.293 e. The highest BCUT2D eigenvalue weighted by molar-refractivity contribution is 9.10. The number of nitrogens with one attached hydrogen (secondary N) is 2. The predicted octanol–water partition coefficient (Wildman–Crippen LogP) is 4.75. The molecule has 1 aliphatic rings. The average Bonchev–Trinajstić information content (AvgIpc) is 2.70. The van der Waals surface area contributed by atoms with E-state index in [1.54, 1.807) is 6.07 Å². The van der Waals surface area contributed by atoms with Crippen molar-refractivity contribution in [1.29, 1.82) is 0 Å². The Morgan fingerprint density at radius 2 is 1.87 bits per heavy atom. The molecule has 7 nitrogen and oxygen atoms in total. The number of nitro groups is 1. The molecule has 1 aliphatic heterocycles. The van der Waals surface area contributed by atoms with Crippen LogP contribution in [-0.2, 0) is 0 Å². The number of carbonyl (C=O) groups excluding carboxylic acids is 1. The van der Waals surface area contributed by atoms with E-state index in [1.165, 1.54) is 12.1 Å². The Morgan fingerprint density at radius 3 is 2.50 bits per heavy atom. The van der Waals surface area contributed by atoms with Gasteiger partial charge in [0.15, 0.2) is 10.9 Å². The SMILES string of the molecule is O=C(NC(=S)Nc1c(F)cc(F)cc1Br)c1ccc(N2CCCCC2)c([N+](=O)[O-])c1. The van der Waals surface area contributed by atoms with Gasteiger partial charge in [0.1, 0.15) is 11.5 Å². The third kappa shape index (κ3) is 5.08. The lowest BCUT2D eigenvalue weighted by Crippen LogP contribution is -2.34. The average molecular weight is 499 g/mol. The standard InChI is InChI=1S/C19H17BrF2N4O3S/c20-13-9-12(21)10-14(22)17(13)23-19(30)24-18(27)11-4-5-15(16(8-11)26(28)29)25-6-2-1-3-7-25/h4-5,8-10H,1-3,6-7H2,(H2,23,24,27,30). The second kappa shape index (κ2) is 9.43. The van der Waals surface area contributed by atoms with Crippen molar-refractivity contribution in [1.82, 2.24) is 5.32 Å². The molecule has 0 saturated carbocycles. The molecule has 0 spiro atoms. The van der Waals surface area contributed by atoms with Crippen molar-refractivity contribution in [2.75, 3.05) is 23.3 Å². The Hall–Kier alpha value is -2.66. The first-order chi connectivity index (χ1) is 14.3. The van der Waals surface area contributed by atoms with Crippen LogP contribution in [0.4, 0.5) is 25.8 Å². The molecule has 158 valence electrons. The molecule has 1 saturated heterocycles. The summed E-state index contributed by atoms with van der Waals surface area (Å²) in [4.78, 5) is 25.4. The smallest absolute Gasteiger partial charge is 0.293 e. The number of rotatable bonds is 4. The fourth-order valence-corrected chi connectivity index (χ4v) is 3.90. The van der Waals surface area contributed by atoms with Crippen LogP contribution in [0, 0.1) is 21.7 Å². The maximum absolute atomic E-state index is 13.9. The number of hydrogen-bond acceptors (Lipinski definition) is 5. The second-order valence-corrected chi connectivity index (χ2v) is 7.92. The summed E-state index contributed by atoms with van der Waals surface area (Å²) in [7, 11) is 0. The molecule has 1 heterocycles. The summed E-state index contributed by atoms with van der Waals surface area (Å²) in [6, 6.07) is 5.92. The van der Waals surface area contributed by atoms with E-state index < -0.39 is 22.5 Å². The largest absolute Gasteiger partial charge is 0.366 e. The van der Waals surface area contributed by atoms with Gasteiger partial charge in [-0.05, 0) is 65.6 Å². The van der Waals surface area contributed by atoms with E-state index in [0.717, 1.165) is 38.4 Å². The molecule has 0 atom stereocenters. The van der Waals surface area contributed by atoms with Gasteiger partial charge in [-0.2, -0.15) is 0 Å². The lowest BCUT2D eigenvalue weighted by Gasteiger charge is -2.28. The summed E-state index contributed by atoms with van der Waals surface area (Å²) >= 11 is 8.02. The third-order valence-electron chi connectivity index (χ3n) is 4.60. The minimum absolute atomic E-state index is 0.0326. The van der Waals surface area contributed by atoms with Crippen molar-refractivity contribution in [3.8, 4) is 0 Å². The summed E-state index contributed by atoms with van der Waals surface area (Å²) in [5.74, 6) is -2.37. The second-order valence-electron chi connectivity index (χ2n) is 6.66. The van der Waals surface area contributed by atoms with E-state index in [-0.39, 0.29) is 26.5 Å². The van der Waals surface area contributed by atoms with Gasteiger partial charge in [0.2, 0.25) is 0 Å². The predicted molar refractivity (Wildman–Crippen MR) is 117 cm³/mol. The first-order valence-corrected chi connectivity index (χ1v) is 10.3. The van der Waals surface area contributed by atoms with Crippen molar-refractivity contribution in [2.45, 2.75) is 19.3 Å². The molecule has 2 aromatic rings. The fourth-order valence-electron chi connectivity index (χ4n) is 3.19. The zero-order valence-electron chi connectivity index (χ0n) is 15.6. The number of thiocarbonyl (C=S) groups is 1. The maximum atomic E-state index is 13.9. The number of benzene rings is 2. The minimum atomic E-state index is -0.903. The van der Waals surface area contributed by atoms with E-state index in [4.69, 9.17) is 12.2 Å². The first-order valence-electron chi connectivity index (χ1n) is 9.06. The summed E-state index contributed by atoms with van der Waals surface area (Å²) in [6.07, 6.45) is 2.99. The van der Waals surface area contributed by atoms with Crippen LogP contribution in [0.15, 0.2) is 34.8 Å². The molecule has 1 amide bonds. The van der Waals surface area contributed by atoms with E-state index in [0.29, 0.717) is 11.8 Å². The summed E-state index contributed by atoms with van der Waals surface area (Å²) in [5.41, 5.74) is 0.184. The lowest BCUT2D eigenvalue weighted by atomic mass is 10.1. The van der Waals surface area contributed by atoms with Crippen molar-refractivity contribution >= 4 is 56.2 Å². The van der Waals surface area contributed by atoms with Gasteiger partial charge in [-0.3, -0.25) is 20.2 Å². The number of anilines is 2. The number of carbonyl (C=O) groups is 1. The topological polar surface area (TPSA) is 87.5 Å². The van der Waals surface area contributed by atoms with Gasteiger partial charge in [-0.1, -0.05) is 0 Å². The minimum Gasteiger partial charge on any atom is -0.366 e. The number of halogens is 3. The molecular formula is C19H17BrF2N4O3S. The van der Waals surface area contributed by atoms with Gasteiger partial charge in [-0.25, -0.2) is 8.78 Å². The lowest BCUT2D eigenvalue weighted by molar-refractivity contribution is -0.384. The van der Waals surface area contributed by atoms with E-state index in [2.05, 4.69) is 26.6 Å². The summed E-state index contributed by atoms with van der Waals surface area (Å²) < 4.78 is 27.2. The Morgan fingerprint density at radius 1 is 1.17 bits per heavy atom. The molecule has 0 radical (unpaired) electrons. The monoisotopic (exact) mass is 498 g/mol. The third-order valence-corrected chi connectivity index (χ3v) is 5.43. The van der Waals surface area contributed by atoms with Crippen LogP contribution in [0.25, 0.3) is 0 Å². The highest BCUT2D eigenvalue weighted by atomic mass is 79.9. The molecule has 0 aliphatic carbocycles. The molecular weight excluding hydrogens is 482 g/mol. The highest BCUT2D eigenvalue weighted by Crippen LogP contribution is 2.31. The zero-order chi connectivity index (χ0) is 21.8. The van der Waals surface area contributed by atoms with Gasteiger partial charge in [0.05, 0.1) is 10.6 Å². The van der Waals surface area contributed by atoms with Gasteiger partial charge in [0, 0.05) is 35.3 Å². The van der Waals surface area contributed by atoms with E-state index >= 15 is 0 Å². The van der Waals surface area contributed by atoms with Crippen molar-refractivity contribution in [3.63, 3.8) is 0 Å². The van der Waals surface area contributed by atoms with Crippen LogP contribution < -0.4 is 15.5 Å². The van der Waals surface area contributed by atoms with Crippen LogP contribution in [0.3, 0.4) is 0 Å². The van der Waals surface area contributed by atoms with Gasteiger partial charge >= 0.3 is 0 Å². The normalized spacial score (nSPS) is 13.6. The molecule has 2 aromatic carbocycles. The molecule has 30 heavy (non-hydrogen) atoms. The molecule has 11 heteroatoms. The Labute approximate surface area is 184 Å². The van der Waals surface area contributed by atoms with Crippen LogP contribution >= 0.6 is 28.1 Å². The number of nitro benzene ring substituents is 1. The van der Waals surface area contributed by atoms with Gasteiger partial charge < -0.3 is 10.2 Å². The van der Waals surface area contributed by atoms with Crippen molar-refractivity contribution in [2.24, 2.45) is 0 Å². The Balaban J connectivity index is 1.75. The number of hydrogen-bond donors (Lipinski definition) is 2. The quantitative estimate of drug-likeness (QED) is 0.359. The van der Waals surface area contributed by atoms with Gasteiger partial charge in [0.25, 0.3) is 11.6 Å². The number of piperidine rings is 1. The summed E-state index contributed by atoms with van der Waals surface area (Å²) in [5, 5.41) is 16.1. The Kier molecular flexibility index (Phi) is 6.93. The van der Waals surface area contributed by atoms with Crippen molar-refractivity contribution in [3.05, 3.63) is 62.1 Å². The number of nitrogens with zero attached hydrogens (tertiary/aromatic N) is 2. The molecule has 1 fully saturated rings. The molecule has 2 N–H and O–H groups in total. The fraction of sp³-hybridized carbons (Fsp3) is 0.263. The highest BCUT2D eigenvalue weighted by Gasteiger charge is 2.23. The van der Waals surface area contributed by atoms with Crippen LogP contribution in [0.5, 0.6) is 0 Å². The molecule has 0 bridgehead atoms. The zero-order valence-corrected chi connectivity index (χ0v) is 18.0. The van der Waals surface area contributed by atoms with Crippen molar-refractivity contribution < 1.29 is 18.5 Å². The first kappa shape index (κ1) is 22.0. The van der Waals surface area contributed by atoms with Gasteiger partial charge in [-0.15, -0.1) is 0 Å². The Bertz CT molecular complexity index is 992. The molecule has 0 unspecified atom stereocenters. The van der Waals surface area contributed by atoms with E-state index in [9.17, 15) is 23.7 Å². The molecule has 3 rings (SSSR count). The van der Waals surface area contributed by atoms with Crippen LogP contribution in [-0.4, -0.2) is 29.0 Å². The number of amides is 1. The van der Waals surface area contributed by atoms with Crippen LogP contribution in [0.2, 0.25) is 0 Å².